The van der Waals surface area contributed by atoms with Crippen LogP contribution in [0, 0.1) is 6.92 Å². The lowest BCUT2D eigenvalue weighted by Crippen LogP contribution is -2.28. The third-order valence-electron chi connectivity index (χ3n) is 2.42. The van der Waals surface area contributed by atoms with Gasteiger partial charge in [0.2, 0.25) is 0 Å². The summed E-state index contributed by atoms with van der Waals surface area (Å²) in [6.45, 7) is 1.88. The number of para-hydroxylation sites is 1. The van der Waals surface area contributed by atoms with Crippen molar-refractivity contribution in [1.82, 2.24) is 9.97 Å². The Morgan fingerprint density at radius 2 is 1.78 bits per heavy atom. The summed E-state index contributed by atoms with van der Waals surface area (Å²) in [4.78, 5) is 8.78. The van der Waals surface area contributed by atoms with Crippen LogP contribution in [0.1, 0.15) is 5.82 Å². The van der Waals surface area contributed by atoms with E-state index in [4.69, 9.17) is 6.63 Å². The molecular formula is C12H16Al2N2O2. The largest absolute Gasteiger partial charge is 0.731 e. The number of aryl methyl sites for hydroxylation is 1. The van der Waals surface area contributed by atoms with Gasteiger partial charge in [0.15, 0.2) is 5.88 Å². The molecule has 0 bridgehead atoms. The highest BCUT2D eigenvalue weighted by Crippen LogP contribution is 2.22. The van der Waals surface area contributed by atoms with E-state index in [0.717, 1.165) is 16.7 Å². The Labute approximate surface area is 117 Å². The number of hydrogen-bond donors (Lipinski definition) is 0. The number of nitrogens with zero attached hydrogens (tertiary/aromatic N) is 2. The Kier molecular flexibility index (Phi) is 4.62. The van der Waals surface area contributed by atoms with E-state index in [1.54, 1.807) is 0 Å². The summed E-state index contributed by atoms with van der Waals surface area (Å²) in [5.41, 5.74) is 0.919. The van der Waals surface area contributed by atoms with Gasteiger partial charge >= 0.3 is 29.3 Å². The second-order valence-corrected chi connectivity index (χ2v) is 9.02. The van der Waals surface area contributed by atoms with Gasteiger partial charge in [0.25, 0.3) is 0 Å². The van der Waals surface area contributed by atoms with Crippen LogP contribution in [0.15, 0.2) is 24.3 Å². The molecule has 92 valence electrons. The van der Waals surface area contributed by atoms with Crippen LogP contribution in [0.5, 0.6) is 5.88 Å². The first-order chi connectivity index (χ1) is 8.56. The maximum Gasteiger partial charge on any atom is 0.731 e. The third kappa shape index (κ3) is 3.45. The van der Waals surface area contributed by atoms with Crippen molar-refractivity contribution in [2.45, 2.75) is 24.3 Å². The van der Waals surface area contributed by atoms with Crippen molar-refractivity contribution < 1.29 is 6.63 Å². The molecule has 0 radical (unpaired) electrons. The van der Waals surface area contributed by atoms with Crippen molar-refractivity contribution in [3.05, 3.63) is 30.1 Å². The summed E-state index contributed by atoms with van der Waals surface area (Å²) in [5.74, 6) is 7.73. The van der Waals surface area contributed by atoms with E-state index < -0.39 is 29.3 Å². The van der Waals surface area contributed by atoms with Gasteiger partial charge in [0.05, 0.1) is 10.9 Å². The van der Waals surface area contributed by atoms with Gasteiger partial charge in [-0.25, -0.2) is 9.97 Å². The molecule has 0 saturated carbocycles. The molecule has 0 saturated heterocycles. The molecule has 1 aromatic heterocycles. The number of aromatic nitrogens is 2. The molecule has 2 aromatic rings. The summed E-state index contributed by atoms with van der Waals surface area (Å²) in [5, 5.41) is 0.955. The molecule has 0 spiro atoms. The van der Waals surface area contributed by atoms with Crippen LogP contribution >= 0.6 is 0 Å². The molecule has 0 aliphatic carbocycles. The Hall–Kier alpha value is -0.615. The SMILES string of the molecule is Cc1nc([O][Al]([CH3])[O][Al]([CH3])[CH3])c2ccccc2n1. The monoisotopic (exact) mass is 274 g/mol. The normalized spacial score (nSPS) is 10.4. The lowest BCUT2D eigenvalue weighted by Gasteiger charge is -2.15. The molecule has 4 nitrogen and oxygen atoms in total. The predicted molar refractivity (Wildman–Crippen MR) is 75.1 cm³/mol. The molecule has 0 N–H and O–H groups in total. The van der Waals surface area contributed by atoms with E-state index >= 15 is 0 Å². The maximum absolute atomic E-state index is 5.92. The predicted octanol–water partition coefficient (Wildman–Crippen LogP) is 2.70. The van der Waals surface area contributed by atoms with Gasteiger partial charge in [-0.05, 0) is 24.8 Å². The summed E-state index contributed by atoms with van der Waals surface area (Å²) in [6, 6.07) is 7.90. The zero-order valence-corrected chi connectivity index (χ0v) is 13.5. The van der Waals surface area contributed by atoms with Gasteiger partial charge in [0, 0.05) is 0 Å². The number of hydrogen-bond acceptors (Lipinski definition) is 4. The quantitative estimate of drug-likeness (QED) is 0.804. The van der Waals surface area contributed by atoms with Crippen molar-refractivity contribution in [1.29, 1.82) is 0 Å². The summed E-state index contributed by atoms with van der Waals surface area (Å²) in [6.07, 6.45) is 0. The second kappa shape index (κ2) is 6.02. The molecule has 0 fully saturated rings. The lowest BCUT2D eigenvalue weighted by atomic mass is 10.2. The Morgan fingerprint density at radius 1 is 1.06 bits per heavy atom. The van der Waals surface area contributed by atoms with Crippen LogP contribution in [0.2, 0.25) is 17.4 Å². The maximum atomic E-state index is 5.92. The molecule has 0 unspecified atom stereocenters. The van der Waals surface area contributed by atoms with Crippen molar-refractivity contribution >= 4 is 40.2 Å². The van der Waals surface area contributed by atoms with Gasteiger partial charge in [0.1, 0.15) is 5.82 Å². The minimum atomic E-state index is -1.64. The molecule has 0 aliphatic heterocycles. The van der Waals surface area contributed by atoms with Crippen LogP contribution in [-0.4, -0.2) is 39.3 Å². The standard InChI is InChI=1S/C9H8N2O.3CH3.2Al.O/c1-6-10-8-5-3-2-4-7(8)9(12)11-6;;;;;;/h2-5H,1H3,(H,10,11,12);3*1H3;;;/q;;;;;+1;/p-1. The van der Waals surface area contributed by atoms with Crippen molar-refractivity contribution in [3.8, 4) is 5.88 Å². The molecule has 1 heterocycles. The number of fused-ring (bicyclic) bond motifs is 1. The van der Waals surface area contributed by atoms with E-state index in [-0.39, 0.29) is 0 Å². The molecule has 2 rings (SSSR count). The fourth-order valence-corrected chi connectivity index (χ4v) is 5.60. The van der Waals surface area contributed by atoms with Gasteiger partial charge in [-0.1, -0.05) is 23.7 Å². The average Bonchev–Trinajstić information content (AvgIpc) is 2.27. The molecule has 0 aliphatic rings. The smallest absolute Gasteiger partial charge is 0.608 e. The minimum Gasteiger partial charge on any atom is -0.608 e. The highest BCUT2D eigenvalue weighted by molar-refractivity contribution is 6.61. The second-order valence-electron chi connectivity index (χ2n) is 4.46. The molecule has 18 heavy (non-hydrogen) atoms. The third-order valence-corrected chi connectivity index (χ3v) is 6.69. The summed E-state index contributed by atoms with van der Waals surface area (Å²) in [7, 11) is 0. The van der Waals surface area contributed by atoms with E-state index in [1.807, 2.05) is 37.0 Å². The lowest BCUT2D eigenvalue weighted by molar-refractivity contribution is 0.431. The number of benzene rings is 1. The van der Waals surface area contributed by atoms with Crippen LogP contribution in [0.3, 0.4) is 0 Å². The van der Waals surface area contributed by atoms with Gasteiger partial charge in [-0.2, -0.15) is 0 Å². The van der Waals surface area contributed by atoms with Crippen LogP contribution in [0.25, 0.3) is 10.9 Å². The van der Waals surface area contributed by atoms with E-state index in [2.05, 4.69) is 21.5 Å². The fourth-order valence-electron chi connectivity index (χ4n) is 1.82. The topological polar surface area (TPSA) is 44.2 Å². The van der Waals surface area contributed by atoms with Crippen molar-refractivity contribution in [3.63, 3.8) is 0 Å². The van der Waals surface area contributed by atoms with Gasteiger partial charge in [-0.15, -0.1) is 0 Å². The van der Waals surface area contributed by atoms with E-state index in [9.17, 15) is 0 Å². The highest BCUT2D eigenvalue weighted by Gasteiger charge is 2.24. The minimum absolute atomic E-state index is 0.659. The molecular weight excluding hydrogens is 258 g/mol. The summed E-state index contributed by atoms with van der Waals surface area (Å²) >= 11 is -2.69. The first-order valence-electron chi connectivity index (χ1n) is 6.12. The molecule has 1 aromatic carbocycles. The fraction of sp³-hybridized carbons (Fsp3) is 0.333. The first kappa shape index (κ1) is 13.8. The van der Waals surface area contributed by atoms with Gasteiger partial charge in [-0.3, -0.25) is 0 Å². The van der Waals surface area contributed by atoms with Crippen LogP contribution in [0.4, 0.5) is 0 Å². The average molecular weight is 274 g/mol. The molecule has 0 atom stereocenters. The first-order valence-corrected chi connectivity index (χ1v) is 11.0. The van der Waals surface area contributed by atoms with Crippen LogP contribution in [-0.2, 0) is 2.84 Å². The Bertz CT molecular complexity index is 549. The Morgan fingerprint density at radius 3 is 2.50 bits per heavy atom. The summed E-state index contributed by atoms with van der Waals surface area (Å²) < 4.78 is 11.8. The zero-order valence-electron chi connectivity index (χ0n) is 11.2. The number of rotatable bonds is 4. The van der Waals surface area contributed by atoms with Crippen molar-refractivity contribution in [2.75, 3.05) is 0 Å². The van der Waals surface area contributed by atoms with E-state index in [1.165, 1.54) is 0 Å². The Balaban J connectivity index is 2.32. The molecule has 0 amide bonds. The van der Waals surface area contributed by atoms with Crippen LogP contribution < -0.4 is 3.79 Å². The highest BCUT2D eigenvalue weighted by atomic mass is 27.3. The zero-order chi connectivity index (χ0) is 13.1. The van der Waals surface area contributed by atoms with E-state index in [0.29, 0.717) is 5.88 Å². The van der Waals surface area contributed by atoms with Gasteiger partial charge < -0.3 is 6.63 Å². The van der Waals surface area contributed by atoms with Crippen molar-refractivity contribution in [2.24, 2.45) is 0 Å². The molecule has 6 heteroatoms.